The summed E-state index contributed by atoms with van der Waals surface area (Å²) in [5.74, 6) is 0. The van der Waals surface area contributed by atoms with E-state index >= 15 is 0 Å². The van der Waals surface area contributed by atoms with Gasteiger partial charge in [-0.1, -0.05) is 33.0 Å². The third-order valence-electron chi connectivity index (χ3n) is 2.17. The molecule has 0 aliphatic heterocycles. The Hall–Kier alpha value is 0.354. The Morgan fingerprint density at radius 1 is 1.00 bits per heavy atom. The first-order chi connectivity index (χ1) is 5.89. The molecule has 0 saturated heterocycles. The van der Waals surface area contributed by atoms with Crippen LogP contribution in [0.1, 0.15) is 13.3 Å². The van der Waals surface area contributed by atoms with E-state index in [4.69, 9.17) is 8.85 Å². The zero-order valence-corrected chi connectivity index (χ0v) is 11.9. The molecular formula is C9H24O2Si2. The van der Waals surface area contributed by atoms with Crippen LogP contribution in [0.25, 0.3) is 0 Å². The molecule has 80 valence electrons. The quantitative estimate of drug-likeness (QED) is 0.641. The molecular weight excluding hydrogens is 196 g/mol. The summed E-state index contributed by atoms with van der Waals surface area (Å²) >= 11 is 0. The van der Waals surface area contributed by atoms with E-state index in [0.717, 1.165) is 6.04 Å². The Balaban J connectivity index is 4.38. The molecule has 0 aliphatic rings. The predicted molar refractivity (Wildman–Crippen MR) is 63.0 cm³/mol. The normalized spacial score (nSPS) is 13.4. The van der Waals surface area contributed by atoms with E-state index in [1.165, 1.54) is 12.1 Å². The van der Waals surface area contributed by atoms with Crippen molar-refractivity contribution >= 4 is 16.6 Å². The highest BCUT2D eigenvalue weighted by atomic mass is 28.4. The van der Waals surface area contributed by atoms with Gasteiger partial charge in [0.1, 0.15) is 0 Å². The molecule has 0 aromatic carbocycles. The van der Waals surface area contributed by atoms with Gasteiger partial charge in [0.2, 0.25) is 0 Å². The van der Waals surface area contributed by atoms with E-state index in [1.807, 2.05) is 14.2 Å². The van der Waals surface area contributed by atoms with E-state index < -0.39 is 16.6 Å². The summed E-state index contributed by atoms with van der Waals surface area (Å²) in [5.41, 5.74) is 1.21. The van der Waals surface area contributed by atoms with Crippen LogP contribution in [0, 0.1) is 0 Å². The van der Waals surface area contributed by atoms with Crippen molar-refractivity contribution in [3.8, 4) is 0 Å². The van der Waals surface area contributed by atoms with Gasteiger partial charge in [0.05, 0.1) is 0 Å². The molecule has 0 unspecified atom stereocenters. The Morgan fingerprint density at radius 2 is 1.46 bits per heavy atom. The van der Waals surface area contributed by atoms with Crippen molar-refractivity contribution in [1.29, 1.82) is 0 Å². The van der Waals surface area contributed by atoms with E-state index in [-0.39, 0.29) is 0 Å². The summed E-state index contributed by atoms with van der Waals surface area (Å²) in [7, 11) is 0.745. The summed E-state index contributed by atoms with van der Waals surface area (Å²) < 4.78 is 11.3. The van der Waals surface area contributed by atoms with Crippen LogP contribution in [0.15, 0.2) is 0 Å². The van der Waals surface area contributed by atoms with Gasteiger partial charge in [-0.05, 0) is 11.7 Å². The second-order valence-corrected chi connectivity index (χ2v) is 14.5. The first kappa shape index (κ1) is 13.4. The summed E-state index contributed by atoms with van der Waals surface area (Å²) in [6.07, 6.45) is 1.17. The van der Waals surface area contributed by atoms with E-state index in [2.05, 4.69) is 26.6 Å². The summed E-state index contributed by atoms with van der Waals surface area (Å²) in [6, 6.07) is 1.13. The fraction of sp³-hybridized carbons (Fsp3) is 1.00. The highest BCUT2D eigenvalue weighted by Gasteiger charge is 2.39. The topological polar surface area (TPSA) is 18.5 Å². The van der Waals surface area contributed by atoms with E-state index in [1.54, 1.807) is 0 Å². The maximum atomic E-state index is 5.65. The second kappa shape index (κ2) is 5.29. The second-order valence-electron chi connectivity index (χ2n) is 4.81. The molecule has 0 aromatic rings. The lowest BCUT2D eigenvalue weighted by Crippen LogP contribution is -2.46. The zero-order chi connectivity index (χ0) is 10.5. The van der Waals surface area contributed by atoms with Crippen LogP contribution >= 0.6 is 0 Å². The first-order valence-electron chi connectivity index (χ1n) is 4.99. The average molecular weight is 220 g/mol. The molecule has 2 nitrogen and oxygen atoms in total. The molecule has 0 fully saturated rings. The first-order valence-corrected chi connectivity index (χ1v) is 10.9. The molecule has 0 atom stereocenters. The summed E-state index contributed by atoms with van der Waals surface area (Å²) in [4.78, 5) is 0. The largest absolute Gasteiger partial charge is 0.398 e. The summed E-state index contributed by atoms with van der Waals surface area (Å²) in [5, 5.41) is 0. The molecule has 0 spiro atoms. The molecule has 0 bridgehead atoms. The van der Waals surface area contributed by atoms with Crippen molar-refractivity contribution in [3.63, 3.8) is 0 Å². The van der Waals surface area contributed by atoms with Crippen molar-refractivity contribution in [2.24, 2.45) is 0 Å². The van der Waals surface area contributed by atoms with Gasteiger partial charge < -0.3 is 8.85 Å². The smallest absolute Gasteiger partial charge is 0.334 e. The highest BCUT2D eigenvalue weighted by Crippen LogP contribution is 2.25. The van der Waals surface area contributed by atoms with Crippen LogP contribution in [-0.2, 0) is 8.85 Å². The van der Waals surface area contributed by atoms with Gasteiger partial charge in [-0.25, -0.2) is 0 Å². The van der Waals surface area contributed by atoms with Crippen LogP contribution in [0.3, 0.4) is 0 Å². The third-order valence-corrected chi connectivity index (χ3v) is 11.3. The third kappa shape index (κ3) is 4.95. The fourth-order valence-corrected chi connectivity index (χ4v) is 11.4. The van der Waals surface area contributed by atoms with Crippen molar-refractivity contribution in [3.05, 3.63) is 0 Å². The van der Waals surface area contributed by atoms with Crippen molar-refractivity contribution in [1.82, 2.24) is 0 Å². The van der Waals surface area contributed by atoms with Gasteiger partial charge in [0.15, 0.2) is 0 Å². The van der Waals surface area contributed by atoms with Crippen LogP contribution in [0.4, 0.5) is 0 Å². The van der Waals surface area contributed by atoms with E-state index in [9.17, 15) is 0 Å². The minimum Gasteiger partial charge on any atom is -0.398 e. The molecule has 13 heavy (non-hydrogen) atoms. The number of hydrogen-bond donors (Lipinski definition) is 0. The van der Waals surface area contributed by atoms with Gasteiger partial charge in [-0.2, -0.15) is 0 Å². The van der Waals surface area contributed by atoms with Gasteiger partial charge in [-0.3, -0.25) is 0 Å². The Labute approximate surface area is 84.9 Å². The molecule has 0 aliphatic carbocycles. The lowest BCUT2D eigenvalue weighted by Gasteiger charge is -2.32. The SMILES string of the molecule is CCC[Si](C[Si](C)(C)C)(OC)OC. The van der Waals surface area contributed by atoms with Gasteiger partial charge in [-0.15, -0.1) is 0 Å². The molecule has 0 heterocycles. The molecule has 0 N–H and O–H groups in total. The molecule has 4 heteroatoms. The maximum Gasteiger partial charge on any atom is 0.334 e. The Kier molecular flexibility index (Phi) is 5.43. The van der Waals surface area contributed by atoms with Crippen LogP contribution in [0.5, 0.6) is 0 Å². The number of rotatable bonds is 6. The predicted octanol–water partition coefficient (Wildman–Crippen LogP) is 3.01. The Bertz CT molecular complexity index is 139. The van der Waals surface area contributed by atoms with Gasteiger partial charge >= 0.3 is 8.56 Å². The zero-order valence-electron chi connectivity index (χ0n) is 9.94. The van der Waals surface area contributed by atoms with Crippen LogP contribution < -0.4 is 0 Å². The van der Waals surface area contributed by atoms with Crippen molar-refractivity contribution < 1.29 is 8.85 Å². The highest BCUT2D eigenvalue weighted by molar-refractivity contribution is 6.90. The minimum atomic E-state index is -1.82. The molecule has 0 rings (SSSR count). The van der Waals surface area contributed by atoms with Crippen LogP contribution in [0.2, 0.25) is 31.4 Å². The minimum absolute atomic E-state index is 1.06. The van der Waals surface area contributed by atoms with Crippen LogP contribution in [-0.4, -0.2) is 30.9 Å². The molecule has 0 saturated carbocycles. The van der Waals surface area contributed by atoms with Crippen molar-refractivity contribution in [2.45, 2.75) is 44.7 Å². The molecule has 0 radical (unpaired) electrons. The van der Waals surface area contributed by atoms with E-state index in [0.29, 0.717) is 0 Å². The molecule has 0 amide bonds. The lowest BCUT2D eigenvalue weighted by atomic mass is 10.6. The molecule has 0 aromatic heterocycles. The van der Waals surface area contributed by atoms with Crippen molar-refractivity contribution in [2.75, 3.05) is 14.2 Å². The monoisotopic (exact) mass is 220 g/mol. The number of hydrogen-bond acceptors (Lipinski definition) is 2. The fourth-order valence-electron chi connectivity index (χ4n) is 1.71. The lowest BCUT2D eigenvalue weighted by molar-refractivity contribution is 0.246. The maximum absolute atomic E-state index is 5.65. The Morgan fingerprint density at radius 3 is 1.69 bits per heavy atom. The summed E-state index contributed by atoms with van der Waals surface area (Å²) in [6.45, 7) is 9.33. The average Bonchev–Trinajstić information content (AvgIpc) is 2.01. The van der Waals surface area contributed by atoms with Gasteiger partial charge in [0, 0.05) is 22.3 Å². The van der Waals surface area contributed by atoms with Gasteiger partial charge in [0.25, 0.3) is 0 Å². The standard InChI is InChI=1S/C9H24O2Si2/c1-7-8-13(10-2,11-3)9-12(4,5)6/h7-9H2,1-6H3.